The lowest BCUT2D eigenvalue weighted by atomic mass is 10.0. The fraction of sp³-hybridized carbons (Fsp3) is 0.864. The Morgan fingerprint density at radius 1 is 0.607 bits per heavy atom. The third kappa shape index (κ3) is 19.2. The predicted molar refractivity (Wildman–Crippen MR) is 112 cm³/mol. The van der Waals surface area contributed by atoms with Crippen molar-refractivity contribution in [2.75, 3.05) is 6.54 Å². The number of nitrogens with one attached hydrogen (secondary N) is 2. The van der Waals surface area contributed by atoms with E-state index in [2.05, 4.69) is 15.6 Å². The van der Waals surface area contributed by atoms with E-state index in [1.54, 1.807) is 6.92 Å². The number of carbonyl (C=O) groups is 3. The standard InChI is InChI=1S/C22H42N2O4/c1-3-22(27)28-24-21(26)19-17-15-13-11-9-7-5-6-8-10-12-14-16-18-20(25)23-4-2/h3-19H2,1-2H3,(H,23,25)(H,24,26). The number of rotatable bonds is 18. The fourth-order valence-electron chi connectivity index (χ4n) is 3.04. The first kappa shape index (κ1) is 26.4. The van der Waals surface area contributed by atoms with Crippen LogP contribution in [-0.4, -0.2) is 24.3 Å². The van der Waals surface area contributed by atoms with Crippen molar-refractivity contribution in [1.29, 1.82) is 0 Å². The van der Waals surface area contributed by atoms with Gasteiger partial charge in [-0.3, -0.25) is 9.59 Å². The van der Waals surface area contributed by atoms with E-state index in [0.29, 0.717) is 12.8 Å². The Kier molecular flexibility index (Phi) is 19.0. The van der Waals surface area contributed by atoms with Gasteiger partial charge in [0.2, 0.25) is 5.91 Å². The molecule has 0 spiro atoms. The summed E-state index contributed by atoms with van der Waals surface area (Å²) < 4.78 is 0. The molecule has 2 N–H and O–H groups in total. The van der Waals surface area contributed by atoms with E-state index in [0.717, 1.165) is 38.6 Å². The van der Waals surface area contributed by atoms with Crippen molar-refractivity contribution < 1.29 is 19.2 Å². The smallest absolute Gasteiger partial charge is 0.331 e. The van der Waals surface area contributed by atoms with Crippen LogP contribution < -0.4 is 10.8 Å². The van der Waals surface area contributed by atoms with Crippen molar-refractivity contribution in [3.05, 3.63) is 0 Å². The second-order valence-corrected chi connectivity index (χ2v) is 7.40. The van der Waals surface area contributed by atoms with Crippen molar-refractivity contribution in [3.63, 3.8) is 0 Å². The number of unbranched alkanes of at least 4 members (excludes halogenated alkanes) is 12. The lowest BCUT2D eigenvalue weighted by molar-refractivity contribution is -0.158. The van der Waals surface area contributed by atoms with Gasteiger partial charge in [-0.05, 0) is 19.8 Å². The number of hydroxylamine groups is 1. The molecule has 0 unspecified atom stereocenters. The first-order valence-corrected chi connectivity index (χ1v) is 11.3. The Morgan fingerprint density at radius 3 is 1.39 bits per heavy atom. The molecule has 0 aromatic heterocycles. The quantitative estimate of drug-likeness (QED) is 0.252. The van der Waals surface area contributed by atoms with Crippen LogP contribution in [0, 0.1) is 0 Å². The second kappa shape index (κ2) is 20.2. The third-order valence-electron chi connectivity index (χ3n) is 4.75. The van der Waals surface area contributed by atoms with Crippen LogP contribution in [0.2, 0.25) is 0 Å². The van der Waals surface area contributed by atoms with E-state index in [1.165, 1.54) is 51.4 Å². The lowest BCUT2D eigenvalue weighted by Gasteiger charge is -2.05. The Hall–Kier alpha value is -1.59. The molecule has 28 heavy (non-hydrogen) atoms. The van der Waals surface area contributed by atoms with Crippen molar-refractivity contribution in [2.24, 2.45) is 0 Å². The molecule has 0 aliphatic heterocycles. The summed E-state index contributed by atoms with van der Waals surface area (Å²) in [5, 5.41) is 2.83. The van der Waals surface area contributed by atoms with E-state index >= 15 is 0 Å². The molecule has 0 heterocycles. The van der Waals surface area contributed by atoms with E-state index in [4.69, 9.17) is 0 Å². The van der Waals surface area contributed by atoms with Crippen molar-refractivity contribution >= 4 is 17.8 Å². The van der Waals surface area contributed by atoms with Crippen molar-refractivity contribution in [2.45, 2.75) is 117 Å². The zero-order chi connectivity index (χ0) is 20.9. The van der Waals surface area contributed by atoms with Gasteiger partial charge in [0, 0.05) is 25.8 Å². The van der Waals surface area contributed by atoms with Crippen LogP contribution in [-0.2, 0) is 19.2 Å². The summed E-state index contributed by atoms with van der Waals surface area (Å²) in [5.74, 6) is -0.445. The molecule has 0 rings (SSSR count). The minimum atomic E-state index is -0.412. The van der Waals surface area contributed by atoms with E-state index in [9.17, 15) is 14.4 Å². The SMILES string of the molecule is CCNC(=O)CCCCCCCCCCCCCCCC(=O)NOC(=O)CC. The van der Waals surface area contributed by atoms with Crippen LogP contribution in [0.25, 0.3) is 0 Å². The highest BCUT2D eigenvalue weighted by Crippen LogP contribution is 2.13. The summed E-state index contributed by atoms with van der Waals surface area (Å²) in [6.07, 6.45) is 16.8. The Bertz CT molecular complexity index is 413. The molecule has 0 aromatic carbocycles. The van der Waals surface area contributed by atoms with Gasteiger partial charge in [0.05, 0.1) is 0 Å². The van der Waals surface area contributed by atoms with Gasteiger partial charge < -0.3 is 10.2 Å². The van der Waals surface area contributed by atoms with E-state index in [1.807, 2.05) is 6.92 Å². The highest BCUT2D eigenvalue weighted by molar-refractivity contribution is 5.77. The molecule has 0 atom stereocenters. The molecule has 0 fully saturated rings. The molecular formula is C22H42N2O4. The molecule has 0 saturated carbocycles. The summed E-state index contributed by atoms with van der Waals surface area (Å²) in [6, 6.07) is 0. The largest absolute Gasteiger partial charge is 0.356 e. The van der Waals surface area contributed by atoms with Crippen molar-refractivity contribution in [3.8, 4) is 0 Å². The van der Waals surface area contributed by atoms with E-state index < -0.39 is 5.97 Å². The first-order chi connectivity index (χ1) is 13.6. The maximum Gasteiger partial charge on any atom is 0.331 e. The maximum atomic E-state index is 11.4. The number of hydrogen-bond donors (Lipinski definition) is 2. The molecule has 164 valence electrons. The molecule has 0 bridgehead atoms. The van der Waals surface area contributed by atoms with Crippen LogP contribution in [0.3, 0.4) is 0 Å². The highest BCUT2D eigenvalue weighted by Gasteiger charge is 2.04. The van der Waals surface area contributed by atoms with Gasteiger partial charge in [0.1, 0.15) is 0 Å². The Morgan fingerprint density at radius 2 is 1.00 bits per heavy atom. The molecule has 0 radical (unpaired) electrons. The lowest BCUT2D eigenvalue weighted by Crippen LogP contribution is -2.26. The van der Waals surface area contributed by atoms with Crippen LogP contribution in [0.1, 0.15) is 117 Å². The third-order valence-corrected chi connectivity index (χ3v) is 4.75. The van der Waals surface area contributed by atoms with Gasteiger partial charge in [0.25, 0.3) is 5.91 Å². The maximum absolute atomic E-state index is 11.4. The van der Waals surface area contributed by atoms with Crippen LogP contribution >= 0.6 is 0 Å². The minimum absolute atomic E-state index is 0.184. The second-order valence-electron chi connectivity index (χ2n) is 7.40. The van der Waals surface area contributed by atoms with Gasteiger partial charge in [-0.25, -0.2) is 4.79 Å². The Labute approximate surface area is 171 Å². The molecule has 0 aliphatic rings. The van der Waals surface area contributed by atoms with E-state index in [-0.39, 0.29) is 18.2 Å². The summed E-state index contributed by atoms with van der Waals surface area (Å²) in [5.41, 5.74) is 2.18. The summed E-state index contributed by atoms with van der Waals surface area (Å²) in [6.45, 7) is 4.37. The number of hydrogen-bond acceptors (Lipinski definition) is 4. The van der Waals surface area contributed by atoms with Crippen LogP contribution in [0.5, 0.6) is 0 Å². The molecular weight excluding hydrogens is 356 g/mol. The molecule has 0 aliphatic carbocycles. The Balaban J connectivity index is 3.19. The fourth-order valence-corrected chi connectivity index (χ4v) is 3.04. The molecule has 0 aromatic rings. The summed E-state index contributed by atoms with van der Waals surface area (Å²) in [4.78, 5) is 38.2. The molecule has 6 heteroatoms. The van der Waals surface area contributed by atoms with Gasteiger partial charge in [0.15, 0.2) is 0 Å². The average molecular weight is 399 g/mol. The monoisotopic (exact) mass is 398 g/mol. The van der Waals surface area contributed by atoms with Gasteiger partial charge in [-0.2, -0.15) is 5.48 Å². The average Bonchev–Trinajstić information content (AvgIpc) is 2.69. The van der Waals surface area contributed by atoms with Gasteiger partial charge in [-0.15, -0.1) is 0 Å². The minimum Gasteiger partial charge on any atom is -0.356 e. The zero-order valence-corrected chi connectivity index (χ0v) is 18.2. The van der Waals surface area contributed by atoms with Gasteiger partial charge in [-0.1, -0.05) is 77.6 Å². The summed E-state index contributed by atoms with van der Waals surface area (Å²) in [7, 11) is 0. The van der Waals surface area contributed by atoms with Crippen LogP contribution in [0.4, 0.5) is 0 Å². The topological polar surface area (TPSA) is 84.5 Å². The molecule has 0 saturated heterocycles. The normalized spacial score (nSPS) is 10.5. The summed E-state index contributed by atoms with van der Waals surface area (Å²) >= 11 is 0. The zero-order valence-electron chi connectivity index (χ0n) is 18.2. The molecule has 6 nitrogen and oxygen atoms in total. The first-order valence-electron chi connectivity index (χ1n) is 11.3. The number of carbonyl (C=O) groups excluding carboxylic acids is 3. The van der Waals surface area contributed by atoms with Gasteiger partial charge >= 0.3 is 5.97 Å². The van der Waals surface area contributed by atoms with Crippen LogP contribution in [0.15, 0.2) is 0 Å². The predicted octanol–water partition coefficient (Wildman–Crippen LogP) is 4.96. The highest BCUT2D eigenvalue weighted by atomic mass is 16.7. The number of amides is 2. The molecule has 2 amide bonds. The van der Waals surface area contributed by atoms with Crippen molar-refractivity contribution in [1.82, 2.24) is 10.8 Å².